The van der Waals surface area contributed by atoms with E-state index < -0.39 is 0 Å². The lowest BCUT2D eigenvalue weighted by Gasteiger charge is -2.29. The first-order valence-electron chi connectivity index (χ1n) is 6.93. The molecule has 0 amide bonds. The molecular formula is C15H19N5. The van der Waals surface area contributed by atoms with Crippen molar-refractivity contribution in [3.63, 3.8) is 0 Å². The molecule has 1 aromatic heterocycles. The molecule has 1 fully saturated rings. The van der Waals surface area contributed by atoms with E-state index in [0.29, 0.717) is 0 Å². The van der Waals surface area contributed by atoms with Gasteiger partial charge in [-0.2, -0.15) is 5.10 Å². The minimum Gasteiger partial charge on any atom is -0.368 e. The van der Waals surface area contributed by atoms with Crippen molar-refractivity contribution in [1.82, 2.24) is 15.5 Å². The van der Waals surface area contributed by atoms with Crippen LogP contribution in [0.2, 0.25) is 0 Å². The number of piperazine rings is 1. The fraction of sp³-hybridized carbons (Fsp3) is 0.333. The van der Waals surface area contributed by atoms with Crippen molar-refractivity contribution in [3.05, 3.63) is 42.1 Å². The number of anilines is 3. The molecule has 0 unspecified atom stereocenters. The Bertz CT molecular complexity index is 561. The van der Waals surface area contributed by atoms with Gasteiger partial charge in [0.05, 0.1) is 11.9 Å². The molecule has 0 saturated carbocycles. The normalized spacial score (nSPS) is 15.2. The van der Waals surface area contributed by atoms with Gasteiger partial charge in [0, 0.05) is 37.9 Å². The highest BCUT2D eigenvalue weighted by Crippen LogP contribution is 2.20. The van der Waals surface area contributed by atoms with E-state index in [1.807, 2.05) is 6.20 Å². The number of hydrogen-bond acceptors (Lipinski definition) is 5. The van der Waals surface area contributed by atoms with Gasteiger partial charge >= 0.3 is 0 Å². The first kappa shape index (κ1) is 12.9. The standard InChI is InChI=1S/C15H19N5/c1-12-2-4-13(5-3-12)18-15-10-14(11-17-19-15)20-8-6-16-7-9-20/h2-5,10-11,16H,6-9H2,1H3,(H,18,19). The number of benzene rings is 1. The quantitative estimate of drug-likeness (QED) is 0.892. The first-order valence-corrected chi connectivity index (χ1v) is 6.93. The molecule has 1 aromatic carbocycles. The van der Waals surface area contributed by atoms with Crippen molar-refractivity contribution >= 4 is 17.2 Å². The molecule has 2 aromatic rings. The summed E-state index contributed by atoms with van der Waals surface area (Å²) >= 11 is 0. The SMILES string of the molecule is Cc1ccc(Nc2cc(N3CCNCC3)cnn2)cc1. The summed E-state index contributed by atoms with van der Waals surface area (Å²) in [5.74, 6) is 0.782. The van der Waals surface area contributed by atoms with E-state index in [9.17, 15) is 0 Å². The lowest BCUT2D eigenvalue weighted by molar-refractivity contribution is 0.588. The van der Waals surface area contributed by atoms with E-state index in [1.54, 1.807) is 0 Å². The molecule has 104 valence electrons. The first-order chi connectivity index (χ1) is 9.81. The molecule has 0 radical (unpaired) electrons. The average Bonchev–Trinajstić information content (AvgIpc) is 2.51. The van der Waals surface area contributed by atoms with Gasteiger partial charge in [-0.15, -0.1) is 5.10 Å². The molecule has 1 aliphatic heterocycles. The Balaban J connectivity index is 1.75. The van der Waals surface area contributed by atoms with Gasteiger partial charge in [0.1, 0.15) is 0 Å². The topological polar surface area (TPSA) is 53.1 Å². The Morgan fingerprint density at radius 1 is 1.15 bits per heavy atom. The zero-order valence-electron chi connectivity index (χ0n) is 11.6. The van der Waals surface area contributed by atoms with E-state index in [0.717, 1.165) is 43.4 Å². The van der Waals surface area contributed by atoms with E-state index >= 15 is 0 Å². The largest absolute Gasteiger partial charge is 0.368 e. The number of nitrogens with zero attached hydrogens (tertiary/aromatic N) is 3. The molecule has 0 spiro atoms. The van der Waals surface area contributed by atoms with Crippen LogP contribution in [-0.2, 0) is 0 Å². The Kier molecular flexibility index (Phi) is 3.78. The minimum atomic E-state index is 0.782. The number of nitrogens with one attached hydrogen (secondary N) is 2. The summed E-state index contributed by atoms with van der Waals surface area (Å²) in [5, 5.41) is 14.9. The molecule has 0 atom stereocenters. The molecular weight excluding hydrogens is 250 g/mol. The van der Waals surface area contributed by atoms with Crippen LogP contribution in [0, 0.1) is 6.92 Å². The van der Waals surface area contributed by atoms with Gasteiger partial charge in [-0.05, 0) is 19.1 Å². The predicted molar refractivity (Wildman–Crippen MR) is 81.6 cm³/mol. The molecule has 20 heavy (non-hydrogen) atoms. The molecule has 5 nitrogen and oxygen atoms in total. The lowest BCUT2D eigenvalue weighted by Crippen LogP contribution is -2.43. The molecule has 0 bridgehead atoms. The highest BCUT2D eigenvalue weighted by atomic mass is 15.2. The summed E-state index contributed by atoms with van der Waals surface area (Å²) in [6.45, 7) is 6.13. The maximum absolute atomic E-state index is 4.15. The number of aryl methyl sites for hydroxylation is 1. The van der Waals surface area contributed by atoms with E-state index in [-0.39, 0.29) is 0 Å². The van der Waals surface area contributed by atoms with Gasteiger partial charge in [0.15, 0.2) is 5.82 Å². The second kappa shape index (κ2) is 5.88. The van der Waals surface area contributed by atoms with Crippen molar-refractivity contribution < 1.29 is 0 Å². The zero-order chi connectivity index (χ0) is 13.8. The van der Waals surface area contributed by atoms with Crippen LogP contribution in [0.4, 0.5) is 17.2 Å². The summed E-state index contributed by atoms with van der Waals surface area (Å²) in [6.07, 6.45) is 1.83. The molecule has 2 N–H and O–H groups in total. The van der Waals surface area contributed by atoms with Crippen LogP contribution >= 0.6 is 0 Å². The van der Waals surface area contributed by atoms with E-state index in [2.05, 4.69) is 63.0 Å². The number of aromatic nitrogens is 2. The monoisotopic (exact) mass is 269 g/mol. The van der Waals surface area contributed by atoms with Crippen LogP contribution in [0.1, 0.15) is 5.56 Å². The second-order valence-electron chi connectivity index (χ2n) is 5.03. The summed E-state index contributed by atoms with van der Waals surface area (Å²) < 4.78 is 0. The van der Waals surface area contributed by atoms with Gasteiger partial charge < -0.3 is 15.5 Å². The molecule has 5 heteroatoms. The van der Waals surface area contributed by atoms with Gasteiger partial charge in [0.2, 0.25) is 0 Å². The smallest absolute Gasteiger partial charge is 0.155 e. The average molecular weight is 269 g/mol. The van der Waals surface area contributed by atoms with Crippen LogP contribution < -0.4 is 15.5 Å². The van der Waals surface area contributed by atoms with Gasteiger partial charge in [0.25, 0.3) is 0 Å². The molecule has 3 rings (SSSR count). The van der Waals surface area contributed by atoms with Gasteiger partial charge in [-0.3, -0.25) is 0 Å². The van der Waals surface area contributed by atoms with Gasteiger partial charge in [-0.1, -0.05) is 17.7 Å². The minimum absolute atomic E-state index is 0.782. The number of rotatable bonds is 3. The van der Waals surface area contributed by atoms with Gasteiger partial charge in [-0.25, -0.2) is 0 Å². The van der Waals surface area contributed by atoms with E-state index in [1.165, 1.54) is 5.56 Å². The number of hydrogen-bond donors (Lipinski definition) is 2. The van der Waals surface area contributed by atoms with Crippen LogP contribution in [0.5, 0.6) is 0 Å². The Hall–Kier alpha value is -2.14. The maximum atomic E-state index is 4.15. The molecule has 0 aliphatic carbocycles. The second-order valence-corrected chi connectivity index (χ2v) is 5.03. The summed E-state index contributed by atoms with van der Waals surface area (Å²) in [4.78, 5) is 2.32. The van der Waals surface area contributed by atoms with Crippen LogP contribution in [-0.4, -0.2) is 36.4 Å². The van der Waals surface area contributed by atoms with Crippen molar-refractivity contribution in [1.29, 1.82) is 0 Å². The maximum Gasteiger partial charge on any atom is 0.155 e. The third-order valence-electron chi connectivity index (χ3n) is 3.45. The van der Waals surface area contributed by atoms with Crippen molar-refractivity contribution in [2.24, 2.45) is 0 Å². The molecule has 1 aliphatic rings. The predicted octanol–water partition coefficient (Wildman–Crippen LogP) is 1.94. The van der Waals surface area contributed by atoms with Crippen LogP contribution in [0.3, 0.4) is 0 Å². The fourth-order valence-corrected chi connectivity index (χ4v) is 2.30. The van der Waals surface area contributed by atoms with Crippen LogP contribution in [0.15, 0.2) is 36.5 Å². The van der Waals surface area contributed by atoms with Crippen molar-refractivity contribution in [2.75, 3.05) is 36.4 Å². The highest BCUT2D eigenvalue weighted by Gasteiger charge is 2.11. The third-order valence-corrected chi connectivity index (χ3v) is 3.45. The summed E-state index contributed by atoms with van der Waals surface area (Å²) in [6, 6.07) is 10.3. The summed E-state index contributed by atoms with van der Waals surface area (Å²) in [5.41, 5.74) is 3.40. The Morgan fingerprint density at radius 2 is 1.90 bits per heavy atom. The zero-order valence-corrected chi connectivity index (χ0v) is 11.6. The molecule has 2 heterocycles. The Labute approximate surface area is 119 Å². The summed E-state index contributed by atoms with van der Waals surface area (Å²) in [7, 11) is 0. The third kappa shape index (κ3) is 3.05. The fourth-order valence-electron chi connectivity index (χ4n) is 2.30. The Morgan fingerprint density at radius 3 is 2.65 bits per heavy atom. The lowest BCUT2D eigenvalue weighted by atomic mass is 10.2. The van der Waals surface area contributed by atoms with Crippen molar-refractivity contribution in [3.8, 4) is 0 Å². The van der Waals surface area contributed by atoms with Crippen LogP contribution in [0.25, 0.3) is 0 Å². The highest BCUT2D eigenvalue weighted by molar-refractivity contribution is 5.60. The van der Waals surface area contributed by atoms with Crippen molar-refractivity contribution in [2.45, 2.75) is 6.92 Å². The molecule has 1 saturated heterocycles. The van der Waals surface area contributed by atoms with E-state index in [4.69, 9.17) is 0 Å².